The third kappa shape index (κ3) is 4.05. The highest BCUT2D eigenvalue weighted by Crippen LogP contribution is 2.36. The van der Waals surface area contributed by atoms with E-state index in [1.165, 1.54) is 25.7 Å². The molecule has 1 saturated heterocycles. The molecule has 2 fully saturated rings. The minimum atomic E-state index is -0.798. The summed E-state index contributed by atoms with van der Waals surface area (Å²) in [5.41, 5.74) is 1.02. The molecule has 1 N–H and O–H groups in total. The number of benzene rings is 1. The second-order valence-corrected chi connectivity index (χ2v) is 7.70. The zero-order valence-electron chi connectivity index (χ0n) is 15.1. The summed E-state index contributed by atoms with van der Waals surface area (Å²) in [6, 6.07) is 9.77. The Kier molecular flexibility index (Phi) is 5.77. The number of amides is 1. The fourth-order valence-corrected chi connectivity index (χ4v) is 4.62. The zero-order chi connectivity index (χ0) is 17.8. The molecule has 4 heteroatoms. The molecule has 1 saturated carbocycles. The number of nitrogens with zero attached hydrogens (tertiary/aromatic N) is 1. The lowest BCUT2D eigenvalue weighted by molar-refractivity contribution is -0.142. The number of hydrogen-bond donors (Lipinski definition) is 1. The minimum Gasteiger partial charge on any atom is -0.481 e. The predicted octanol–water partition coefficient (Wildman–Crippen LogP) is 3.92. The maximum absolute atomic E-state index is 13.0. The van der Waals surface area contributed by atoms with Crippen LogP contribution in [-0.4, -0.2) is 35.0 Å². The maximum Gasteiger partial charge on any atom is 0.308 e. The smallest absolute Gasteiger partial charge is 0.308 e. The SMILES string of the molecule is CCC(CC1CCCC1)C(=O)N1CC(C(=O)O)C(c2ccccc2)C1. The Morgan fingerprint density at radius 3 is 2.44 bits per heavy atom. The Balaban J connectivity index is 1.71. The maximum atomic E-state index is 13.0. The quantitative estimate of drug-likeness (QED) is 0.852. The number of aliphatic carboxylic acids is 1. The number of likely N-dealkylation sites (tertiary alicyclic amines) is 1. The first-order chi connectivity index (χ1) is 12.1. The average Bonchev–Trinajstić information content (AvgIpc) is 3.29. The molecule has 1 aliphatic heterocycles. The zero-order valence-corrected chi connectivity index (χ0v) is 15.1. The number of carboxylic acids is 1. The lowest BCUT2D eigenvalue weighted by Crippen LogP contribution is -2.35. The van der Waals surface area contributed by atoms with Crippen molar-refractivity contribution in [2.45, 2.75) is 51.4 Å². The topological polar surface area (TPSA) is 57.6 Å². The molecule has 1 aromatic carbocycles. The first-order valence-electron chi connectivity index (χ1n) is 9.66. The molecule has 2 aliphatic rings. The second-order valence-electron chi connectivity index (χ2n) is 7.70. The number of carbonyl (C=O) groups is 2. The Hall–Kier alpha value is -1.84. The summed E-state index contributed by atoms with van der Waals surface area (Å²) in [5.74, 6) is -0.516. The van der Waals surface area contributed by atoms with Crippen molar-refractivity contribution < 1.29 is 14.7 Å². The lowest BCUT2D eigenvalue weighted by Gasteiger charge is -2.24. The number of hydrogen-bond acceptors (Lipinski definition) is 2. The van der Waals surface area contributed by atoms with Crippen molar-refractivity contribution in [2.24, 2.45) is 17.8 Å². The minimum absolute atomic E-state index is 0.0482. The number of carbonyl (C=O) groups excluding carboxylic acids is 1. The van der Waals surface area contributed by atoms with Crippen molar-refractivity contribution in [3.05, 3.63) is 35.9 Å². The molecule has 1 amide bonds. The summed E-state index contributed by atoms with van der Waals surface area (Å²) in [6.45, 7) is 2.95. The van der Waals surface area contributed by atoms with Crippen molar-refractivity contribution in [3.63, 3.8) is 0 Å². The van der Waals surface area contributed by atoms with Crippen LogP contribution in [0, 0.1) is 17.8 Å². The largest absolute Gasteiger partial charge is 0.481 e. The Bertz CT molecular complexity index is 594. The van der Waals surface area contributed by atoms with Crippen molar-refractivity contribution >= 4 is 11.9 Å². The fraction of sp³-hybridized carbons (Fsp3) is 0.619. The summed E-state index contributed by atoms with van der Waals surface area (Å²) < 4.78 is 0. The van der Waals surface area contributed by atoms with Gasteiger partial charge in [0.2, 0.25) is 5.91 Å². The van der Waals surface area contributed by atoms with E-state index in [0.29, 0.717) is 19.0 Å². The van der Waals surface area contributed by atoms with Gasteiger partial charge in [-0.3, -0.25) is 9.59 Å². The summed E-state index contributed by atoms with van der Waals surface area (Å²) in [7, 11) is 0. The molecule has 0 radical (unpaired) electrons. The number of carboxylic acid groups (broad SMARTS) is 1. The van der Waals surface area contributed by atoms with Gasteiger partial charge in [0.1, 0.15) is 0 Å². The molecular formula is C21H29NO3. The first-order valence-corrected chi connectivity index (χ1v) is 9.66. The summed E-state index contributed by atoms with van der Waals surface area (Å²) in [4.78, 5) is 26.6. The van der Waals surface area contributed by atoms with E-state index in [-0.39, 0.29) is 17.7 Å². The van der Waals surface area contributed by atoms with Gasteiger partial charge in [-0.25, -0.2) is 0 Å². The van der Waals surface area contributed by atoms with Crippen LogP contribution in [0.25, 0.3) is 0 Å². The summed E-state index contributed by atoms with van der Waals surface area (Å²) in [6.07, 6.45) is 6.88. The van der Waals surface area contributed by atoms with Crippen molar-refractivity contribution in [1.82, 2.24) is 4.90 Å². The molecule has 1 aromatic rings. The first kappa shape index (κ1) is 18.0. The van der Waals surface area contributed by atoms with Gasteiger partial charge in [0.25, 0.3) is 0 Å². The highest BCUT2D eigenvalue weighted by Gasteiger charge is 2.41. The Morgan fingerprint density at radius 2 is 1.84 bits per heavy atom. The standard InChI is InChI=1S/C21H29NO3/c1-2-16(12-15-8-6-7-9-15)20(23)22-13-18(19(14-22)21(24)25)17-10-4-3-5-11-17/h3-5,10-11,15-16,18-19H,2,6-9,12-14H2,1H3,(H,24,25). The summed E-state index contributed by atoms with van der Waals surface area (Å²) in [5, 5.41) is 9.63. The van der Waals surface area contributed by atoms with Crippen LogP contribution in [0.4, 0.5) is 0 Å². The van der Waals surface area contributed by atoms with Crippen molar-refractivity contribution in [1.29, 1.82) is 0 Å². The van der Waals surface area contributed by atoms with Gasteiger partial charge in [-0.05, 0) is 24.3 Å². The molecule has 0 aromatic heterocycles. The van der Waals surface area contributed by atoms with Gasteiger partial charge in [-0.15, -0.1) is 0 Å². The molecule has 4 nitrogen and oxygen atoms in total. The average molecular weight is 343 g/mol. The van der Waals surface area contributed by atoms with Gasteiger partial charge in [-0.1, -0.05) is 62.9 Å². The van der Waals surface area contributed by atoms with Crippen LogP contribution >= 0.6 is 0 Å². The lowest BCUT2D eigenvalue weighted by atomic mass is 9.89. The van der Waals surface area contributed by atoms with E-state index < -0.39 is 11.9 Å². The Morgan fingerprint density at radius 1 is 1.16 bits per heavy atom. The molecule has 25 heavy (non-hydrogen) atoms. The fourth-order valence-electron chi connectivity index (χ4n) is 4.62. The van der Waals surface area contributed by atoms with Crippen molar-refractivity contribution in [2.75, 3.05) is 13.1 Å². The highest BCUT2D eigenvalue weighted by atomic mass is 16.4. The molecule has 0 spiro atoms. The van der Waals surface area contributed by atoms with E-state index in [9.17, 15) is 14.7 Å². The van der Waals surface area contributed by atoms with Crippen LogP contribution in [-0.2, 0) is 9.59 Å². The van der Waals surface area contributed by atoms with Gasteiger partial charge >= 0.3 is 5.97 Å². The van der Waals surface area contributed by atoms with Gasteiger partial charge in [-0.2, -0.15) is 0 Å². The van der Waals surface area contributed by atoms with E-state index in [1.54, 1.807) is 0 Å². The molecular weight excluding hydrogens is 314 g/mol. The van der Waals surface area contributed by atoms with E-state index in [1.807, 2.05) is 35.2 Å². The molecule has 3 rings (SSSR count). The highest BCUT2D eigenvalue weighted by molar-refractivity contribution is 5.81. The van der Waals surface area contributed by atoms with Crippen LogP contribution in [0.2, 0.25) is 0 Å². The molecule has 3 atom stereocenters. The van der Waals surface area contributed by atoms with Crippen molar-refractivity contribution in [3.8, 4) is 0 Å². The summed E-state index contributed by atoms with van der Waals surface area (Å²) >= 11 is 0. The van der Waals surface area contributed by atoms with Crippen LogP contribution in [0.5, 0.6) is 0 Å². The normalized spacial score (nSPS) is 25.2. The Labute approximate surface area is 150 Å². The predicted molar refractivity (Wildman–Crippen MR) is 97.2 cm³/mol. The molecule has 3 unspecified atom stereocenters. The van der Waals surface area contributed by atoms with Crippen LogP contribution in [0.3, 0.4) is 0 Å². The molecule has 136 valence electrons. The van der Waals surface area contributed by atoms with Crippen LogP contribution < -0.4 is 0 Å². The molecule has 1 heterocycles. The molecule has 0 bridgehead atoms. The van der Waals surface area contributed by atoms with E-state index in [2.05, 4.69) is 6.92 Å². The van der Waals surface area contributed by atoms with Gasteiger partial charge in [0, 0.05) is 24.9 Å². The van der Waals surface area contributed by atoms with E-state index in [4.69, 9.17) is 0 Å². The third-order valence-electron chi connectivity index (χ3n) is 6.11. The van der Waals surface area contributed by atoms with E-state index >= 15 is 0 Å². The molecule has 1 aliphatic carbocycles. The second kappa shape index (κ2) is 8.03. The van der Waals surface area contributed by atoms with Gasteiger partial charge in [0.15, 0.2) is 0 Å². The van der Waals surface area contributed by atoms with Crippen LogP contribution in [0.15, 0.2) is 30.3 Å². The third-order valence-corrected chi connectivity index (χ3v) is 6.11. The van der Waals surface area contributed by atoms with Gasteiger partial charge < -0.3 is 10.0 Å². The van der Waals surface area contributed by atoms with Crippen LogP contribution in [0.1, 0.15) is 56.9 Å². The number of rotatable bonds is 6. The monoisotopic (exact) mass is 343 g/mol. The van der Waals surface area contributed by atoms with E-state index in [0.717, 1.165) is 18.4 Å². The van der Waals surface area contributed by atoms with Gasteiger partial charge in [0.05, 0.1) is 5.92 Å².